The summed E-state index contributed by atoms with van der Waals surface area (Å²) < 4.78 is 0. The Morgan fingerprint density at radius 3 is 1.45 bits per heavy atom. The van der Waals surface area contributed by atoms with Crippen LogP contribution in [0.4, 0.5) is 22.7 Å². The van der Waals surface area contributed by atoms with Gasteiger partial charge in [-0.2, -0.15) is 10.2 Å². The Morgan fingerprint density at radius 1 is 0.773 bits per heavy atom. The van der Waals surface area contributed by atoms with Crippen LogP contribution in [0.15, 0.2) is 46.6 Å². The summed E-state index contributed by atoms with van der Waals surface area (Å²) in [6, 6.07) is 8.36. The lowest BCUT2D eigenvalue weighted by molar-refractivity contribution is 0.0687. The van der Waals surface area contributed by atoms with Crippen molar-refractivity contribution in [2.24, 2.45) is 10.2 Å². The fourth-order valence-corrected chi connectivity index (χ4v) is 1.70. The summed E-state index contributed by atoms with van der Waals surface area (Å²) in [5.74, 6) is -2.34. The van der Waals surface area contributed by atoms with Gasteiger partial charge in [-0.15, -0.1) is 0 Å². The van der Waals surface area contributed by atoms with Gasteiger partial charge in [0.15, 0.2) is 0 Å². The zero-order valence-electron chi connectivity index (χ0n) is 11.2. The molecule has 0 unspecified atom stereocenters. The van der Waals surface area contributed by atoms with Gasteiger partial charge in [0.1, 0.15) is 0 Å². The molecule has 0 aromatic heterocycles. The van der Waals surface area contributed by atoms with Crippen molar-refractivity contribution in [2.75, 3.05) is 11.5 Å². The summed E-state index contributed by atoms with van der Waals surface area (Å²) in [5.41, 5.74) is 11.7. The minimum atomic E-state index is -1.17. The zero-order valence-corrected chi connectivity index (χ0v) is 11.2. The van der Waals surface area contributed by atoms with Crippen LogP contribution in [0.5, 0.6) is 0 Å². The van der Waals surface area contributed by atoms with Crippen LogP contribution in [0.3, 0.4) is 0 Å². The predicted octanol–water partition coefficient (Wildman–Crippen LogP) is 2.66. The first-order valence-electron chi connectivity index (χ1n) is 6.06. The van der Waals surface area contributed by atoms with E-state index < -0.39 is 11.9 Å². The molecule has 2 rings (SSSR count). The topological polar surface area (TPSA) is 151 Å². The van der Waals surface area contributed by atoms with Gasteiger partial charge in [0.25, 0.3) is 0 Å². The van der Waals surface area contributed by atoms with Crippen LogP contribution < -0.4 is 11.5 Å². The molecule has 0 aliphatic heterocycles. The molecular formula is C14H12N4O4. The molecule has 0 amide bonds. The third-order valence-electron chi connectivity index (χ3n) is 2.82. The Morgan fingerprint density at radius 2 is 1.14 bits per heavy atom. The van der Waals surface area contributed by atoms with Gasteiger partial charge in [-0.3, -0.25) is 0 Å². The van der Waals surface area contributed by atoms with Crippen molar-refractivity contribution < 1.29 is 19.8 Å². The Hall–Kier alpha value is -3.42. The second kappa shape index (κ2) is 5.92. The molecule has 2 aromatic rings. The molecule has 0 saturated heterocycles. The first-order valence-corrected chi connectivity index (χ1v) is 6.06. The summed E-state index contributed by atoms with van der Waals surface area (Å²) >= 11 is 0. The van der Waals surface area contributed by atoms with Crippen LogP contribution in [0.25, 0.3) is 0 Å². The Kier molecular flexibility index (Phi) is 4.03. The number of rotatable bonds is 4. The summed E-state index contributed by atoms with van der Waals surface area (Å²) in [7, 11) is 0. The number of benzene rings is 2. The van der Waals surface area contributed by atoms with Crippen molar-refractivity contribution in [3.05, 3.63) is 47.5 Å². The van der Waals surface area contributed by atoms with Gasteiger partial charge in [0.2, 0.25) is 0 Å². The number of nitrogens with zero attached hydrogens (tertiary/aromatic N) is 2. The van der Waals surface area contributed by atoms with E-state index in [2.05, 4.69) is 10.2 Å². The highest BCUT2D eigenvalue weighted by Gasteiger charge is 2.09. The van der Waals surface area contributed by atoms with Gasteiger partial charge in [-0.25, -0.2) is 9.59 Å². The SMILES string of the molecule is Nc1ccc(/N=N/c2ccc(N)c(C(=O)O)c2)cc1C(=O)O. The smallest absolute Gasteiger partial charge is 0.337 e. The fourth-order valence-electron chi connectivity index (χ4n) is 1.70. The molecule has 0 saturated carbocycles. The minimum absolute atomic E-state index is 0.0834. The Bertz CT molecular complexity index is 721. The average Bonchev–Trinajstić information content (AvgIpc) is 2.47. The fraction of sp³-hybridized carbons (Fsp3) is 0. The molecule has 0 aliphatic carbocycles. The molecule has 0 fully saturated rings. The highest BCUT2D eigenvalue weighted by atomic mass is 16.4. The largest absolute Gasteiger partial charge is 0.478 e. The van der Waals surface area contributed by atoms with Gasteiger partial charge >= 0.3 is 11.9 Å². The zero-order chi connectivity index (χ0) is 16.3. The number of carboxylic acid groups (broad SMARTS) is 2. The first kappa shape index (κ1) is 15.0. The molecule has 0 radical (unpaired) electrons. The Labute approximate surface area is 124 Å². The molecule has 0 aliphatic rings. The van der Waals surface area contributed by atoms with E-state index in [1.807, 2.05) is 0 Å². The summed E-state index contributed by atoms with van der Waals surface area (Å²) in [5, 5.41) is 25.7. The molecule has 0 bridgehead atoms. The minimum Gasteiger partial charge on any atom is -0.478 e. The van der Waals surface area contributed by atoms with E-state index in [1.165, 1.54) is 36.4 Å². The highest BCUT2D eigenvalue weighted by Crippen LogP contribution is 2.25. The molecule has 2 aromatic carbocycles. The van der Waals surface area contributed by atoms with Crippen LogP contribution in [-0.2, 0) is 0 Å². The average molecular weight is 300 g/mol. The number of carboxylic acids is 2. The highest BCUT2D eigenvalue weighted by molar-refractivity contribution is 5.95. The lowest BCUT2D eigenvalue weighted by atomic mass is 10.1. The molecule has 112 valence electrons. The standard InChI is InChI=1S/C14H12N4O4/c15-11-3-1-7(5-9(11)13(19)20)17-18-8-2-4-12(16)10(6-8)14(21)22/h1-6H,15-16H2,(H,19,20)(H,21,22)/b18-17+. The molecule has 6 N–H and O–H groups in total. The van der Waals surface area contributed by atoms with Crippen LogP contribution in [0.1, 0.15) is 20.7 Å². The quantitative estimate of drug-likeness (QED) is 0.503. The van der Waals surface area contributed by atoms with Crippen molar-refractivity contribution in [2.45, 2.75) is 0 Å². The summed E-state index contributed by atoms with van der Waals surface area (Å²) in [4.78, 5) is 21.9. The van der Waals surface area contributed by atoms with Crippen molar-refractivity contribution in [3.63, 3.8) is 0 Å². The van der Waals surface area contributed by atoms with E-state index in [0.29, 0.717) is 0 Å². The maximum Gasteiger partial charge on any atom is 0.337 e. The van der Waals surface area contributed by atoms with Gasteiger partial charge in [0, 0.05) is 11.4 Å². The second-order valence-electron chi connectivity index (χ2n) is 4.35. The normalized spacial score (nSPS) is 10.7. The van der Waals surface area contributed by atoms with E-state index in [4.69, 9.17) is 21.7 Å². The van der Waals surface area contributed by atoms with Gasteiger partial charge in [0.05, 0.1) is 22.5 Å². The maximum atomic E-state index is 11.0. The number of hydrogen-bond donors (Lipinski definition) is 4. The number of azo groups is 1. The van der Waals surface area contributed by atoms with E-state index in [-0.39, 0.29) is 33.9 Å². The molecule has 0 heterocycles. The molecular weight excluding hydrogens is 288 g/mol. The number of aromatic carboxylic acids is 2. The predicted molar refractivity (Wildman–Crippen MR) is 79.8 cm³/mol. The van der Waals surface area contributed by atoms with Crippen LogP contribution >= 0.6 is 0 Å². The summed E-state index contributed by atoms with van der Waals surface area (Å²) in [6.07, 6.45) is 0. The molecule has 8 nitrogen and oxygen atoms in total. The molecule has 0 spiro atoms. The van der Waals surface area contributed by atoms with E-state index in [9.17, 15) is 9.59 Å². The Balaban J connectivity index is 2.33. The monoisotopic (exact) mass is 300 g/mol. The maximum absolute atomic E-state index is 11.0. The van der Waals surface area contributed by atoms with E-state index in [1.54, 1.807) is 0 Å². The second-order valence-corrected chi connectivity index (χ2v) is 4.35. The van der Waals surface area contributed by atoms with Crippen molar-refractivity contribution in [1.29, 1.82) is 0 Å². The lowest BCUT2D eigenvalue weighted by Gasteiger charge is -2.02. The van der Waals surface area contributed by atoms with Crippen molar-refractivity contribution in [1.82, 2.24) is 0 Å². The van der Waals surface area contributed by atoms with Crippen LogP contribution in [0, 0.1) is 0 Å². The first-order chi connectivity index (χ1) is 10.4. The van der Waals surface area contributed by atoms with Crippen molar-refractivity contribution >= 4 is 34.7 Å². The van der Waals surface area contributed by atoms with Gasteiger partial charge in [-0.1, -0.05) is 0 Å². The number of carbonyl (C=O) groups is 2. The number of hydrogen-bond acceptors (Lipinski definition) is 6. The molecule has 0 atom stereocenters. The summed E-state index contributed by atoms with van der Waals surface area (Å²) in [6.45, 7) is 0. The number of nitrogen functional groups attached to an aromatic ring is 2. The van der Waals surface area contributed by atoms with Crippen molar-refractivity contribution in [3.8, 4) is 0 Å². The van der Waals surface area contributed by atoms with Crippen LogP contribution in [0.2, 0.25) is 0 Å². The van der Waals surface area contributed by atoms with E-state index >= 15 is 0 Å². The van der Waals surface area contributed by atoms with E-state index in [0.717, 1.165) is 0 Å². The molecule has 22 heavy (non-hydrogen) atoms. The van der Waals surface area contributed by atoms with Crippen LogP contribution in [-0.4, -0.2) is 22.2 Å². The number of nitrogens with two attached hydrogens (primary N) is 2. The lowest BCUT2D eigenvalue weighted by Crippen LogP contribution is -2.01. The molecule has 8 heteroatoms. The van der Waals surface area contributed by atoms with Gasteiger partial charge in [-0.05, 0) is 36.4 Å². The third-order valence-corrected chi connectivity index (χ3v) is 2.82. The third kappa shape index (κ3) is 3.18. The van der Waals surface area contributed by atoms with Gasteiger partial charge < -0.3 is 21.7 Å². The number of anilines is 2.